The Labute approximate surface area is 95.5 Å². The Morgan fingerprint density at radius 2 is 2.00 bits per heavy atom. The molecule has 0 fully saturated rings. The van der Waals surface area contributed by atoms with Crippen molar-refractivity contribution in [1.82, 2.24) is 10.3 Å². The minimum absolute atomic E-state index is 0.187. The molecule has 0 radical (unpaired) electrons. The summed E-state index contributed by atoms with van der Waals surface area (Å²) in [5.41, 5.74) is 1.04. The summed E-state index contributed by atoms with van der Waals surface area (Å²) >= 11 is 0. The van der Waals surface area contributed by atoms with Crippen LogP contribution in [0.1, 0.15) is 37.4 Å². The first-order chi connectivity index (χ1) is 7.77. The van der Waals surface area contributed by atoms with E-state index in [9.17, 15) is 0 Å². The molecular formula is C13H16N2O. The Morgan fingerprint density at radius 3 is 2.62 bits per heavy atom. The molecule has 0 bridgehead atoms. The topological polar surface area (TPSA) is 38.1 Å². The minimum atomic E-state index is 0.187. The molecule has 0 aromatic carbocycles. The van der Waals surface area contributed by atoms with Crippen molar-refractivity contribution in [2.75, 3.05) is 0 Å². The van der Waals surface area contributed by atoms with Gasteiger partial charge in [-0.15, -0.1) is 0 Å². The Morgan fingerprint density at radius 1 is 1.12 bits per heavy atom. The highest BCUT2D eigenvalue weighted by Crippen LogP contribution is 2.17. The molecule has 2 atom stereocenters. The maximum absolute atomic E-state index is 5.35. The Kier molecular flexibility index (Phi) is 3.37. The van der Waals surface area contributed by atoms with E-state index in [-0.39, 0.29) is 12.1 Å². The van der Waals surface area contributed by atoms with Crippen LogP contribution < -0.4 is 5.32 Å². The van der Waals surface area contributed by atoms with Crippen LogP contribution in [0.4, 0.5) is 0 Å². The van der Waals surface area contributed by atoms with E-state index >= 15 is 0 Å². The first-order valence-electron chi connectivity index (χ1n) is 5.48. The summed E-state index contributed by atoms with van der Waals surface area (Å²) in [6, 6.07) is 10.2. The zero-order valence-electron chi connectivity index (χ0n) is 9.55. The van der Waals surface area contributed by atoms with E-state index in [2.05, 4.69) is 24.1 Å². The lowest BCUT2D eigenvalue weighted by Gasteiger charge is -2.17. The summed E-state index contributed by atoms with van der Waals surface area (Å²) in [6.45, 7) is 4.18. The van der Waals surface area contributed by atoms with Crippen molar-refractivity contribution < 1.29 is 4.42 Å². The van der Waals surface area contributed by atoms with E-state index in [0.717, 1.165) is 11.5 Å². The second-order valence-electron chi connectivity index (χ2n) is 3.88. The van der Waals surface area contributed by atoms with Gasteiger partial charge in [-0.05, 0) is 38.1 Å². The third kappa shape index (κ3) is 2.49. The van der Waals surface area contributed by atoms with Crippen LogP contribution in [0.2, 0.25) is 0 Å². The molecule has 2 aromatic heterocycles. The predicted molar refractivity (Wildman–Crippen MR) is 62.9 cm³/mol. The molecule has 84 valence electrons. The van der Waals surface area contributed by atoms with E-state index in [1.165, 1.54) is 0 Å². The molecule has 0 aliphatic heterocycles. The van der Waals surface area contributed by atoms with Crippen LogP contribution in [0.25, 0.3) is 0 Å². The molecule has 2 aromatic rings. The predicted octanol–water partition coefficient (Wildman–Crippen LogP) is 3.09. The second-order valence-corrected chi connectivity index (χ2v) is 3.88. The van der Waals surface area contributed by atoms with Gasteiger partial charge in [0.25, 0.3) is 0 Å². The van der Waals surface area contributed by atoms with Gasteiger partial charge >= 0.3 is 0 Å². The molecule has 1 N–H and O–H groups in total. The van der Waals surface area contributed by atoms with Crippen molar-refractivity contribution in [2.24, 2.45) is 0 Å². The van der Waals surface area contributed by atoms with Crippen LogP contribution in [0.15, 0.2) is 47.2 Å². The monoisotopic (exact) mass is 216 g/mol. The van der Waals surface area contributed by atoms with Crippen LogP contribution in [0, 0.1) is 0 Å². The minimum Gasteiger partial charge on any atom is -0.468 e. The molecule has 0 aliphatic carbocycles. The number of hydrogen-bond donors (Lipinski definition) is 1. The van der Waals surface area contributed by atoms with E-state index in [1.807, 2.05) is 36.5 Å². The van der Waals surface area contributed by atoms with Crippen LogP contribution in [0.5, 0.6) is 0 Å². The standard InChI is InChI=1S/C13H16N2O/c1-10(12-6-3-4-8-14-12)15-11(2)13-7-5-9-16-13/h3-11,15H,1-2H3/t10?,11-/m1/s1. The average Bonchev–Trinajstić information content (AvgIpc) is 2.83. The number of hydrogen-bond acceptors (Lipinski definition) is 3. The number of nitrogens with one attached hydrogen (secondary N) is 1. The van der Waals surface area contributed by atoms with Gasteiger partial charge in [0.2, 0.25) is 0 Å². The van der Waals surface area contributed by atoms with Crippen molar-refractivity contribution in [3.8, 4) is 0 Å². The molecule has 3 heteroatoms. The molecule has 3 nitrogen and oxygen atoms in total. The number of pyridine rings is 1. The maximum Gasteiger partial charge on any atom is 0.120 e. The third-order valence-electron chi connectivity index (χ3n) is 2.60. The summed E-state index contributed by atoms with van der Waals surface area (Å²) in [4.78, 5) is 4.32. The van der Waals surface area contributed by atoms with Crippen molar-refractivity contribution in [3.63, 3.8) is 0 Å². The third-order valence-corrected chi connectivity index (χ3v) is 2.60. The van der Waals surface area contributed by atoms with Crippen LogP contribution in [-0.2, 0) is 0 Å². The van der Waals surface area contributed by atoms with Crippen molar-refractivity contribution in [2.45, 2.75) is 25.9 Å². The molecule has 0 amide bonds. The first-order valence-corrected chi connectivity index (χ1v) is 5.48. The first kappa shape index (κ1) is 10.9. The van der Waals surface area contributed by atoms with Gasteiger partial charge in [0, 0.05) is 12.2 Å². The summed E-state index contributed by atoms with van der Waals surface area (Å²) in [5.74, 6) is 0.947. The highest BCUT2D eigenvalue weighted by molar-refractivity contribution is 5.10. The summed E-state index contributed by atoms with van der Waals surface area (Å²) in [5, 5.41) is 3.44. The zero-order chi connectivity index (χ0) is 11.4. The molecular weight excluding hydrogens is 200 g/mol. The lowest BCUT2D eigenvalue weighted by molar-refractivity contribution is 0.400. The van der Waals surface area contributed by atoms with Gasteiger partial charge in [-0.3, -0.25) is 10.3 Å². The number of furan rings is 1. The molecule has 0 saturated heterocycles. The molecule has 0 saturated carbocycles. The normalized spacial score (nSPS) is 14.6. The van der Waals surface area contributed by atoms with Crippen LogP contribution in [-0.4, -0.2) is 4.98 Å². The fourth-order valence-corrected chi connectivity index (χ4v) is 1.71. The van der Waals surface area contributed by atoms with Crippen LogP contribution in [0.3, 0.4) is 0 Å². The molecule has 16 heavy (non-hydrogen) atoms. The van der Waals surface area contributed by atoms with Crippen molar-refractivity contribution in [1.29, 1.82) is 0 Å². The Hall–Kier alpha value is -1.61. The summed E-state index contributed by atoms with van der Waals surface area (Å²) in [7, 11) is 0. The molecule has 0 aliphatic rings. The van der Waals surface area contributed by atoms with Gasteiger partial charge in [-0.1, -0.05) is 6.07 Å². The quantitative estimate of drug-likeness (QED) is 0.853. The molecule has 2 heterocycles. The van der Waals surface area contributed by atoms with Gasteiger partial charge in [0.15, 0.2) is 0 Å². The smallest absolute Gasteiger partial charge is 0.120 e. The average molecular weight is 216 g/mol. The lowest BCUT2D eigenvalue weighted by Crippen LogP contribution is -2.22. The van der Waals surface area contributed by atoms with E-state index in [0.29, 0.717) is 0 Å². The number of rotatable bonds is 4. The highest BCUT2D eigenvalue weighted by Gasteiger charge is 2.13. The van der Waals surface area contributed by atoms with Gasteiger partial charge in [0.1, 0.15) is 5.76 Å². The Bertz CT molecular complexity index is 411. The zero-order valence-corrected chi connectivity index (χ0v) is 9.55. The van der Waals surface area contributed by atoms with Gasteiger partial charge < -0.3 is 4.42 Å². The SMILES string of the molecule is CC(N[C@H](C)c1ccco1)c1ccccn1. The number of aromatic nitrogens is 1. The largest absolute Gasteiger partial charge is 0.468 e. The molecule has 0 spiro atoms. The van der Waals surface area contributed by atoms with E-state index in [4.69, 9.17) is 4.42 Å². The summed E-state index contributed by atoms with van der Waals surface area (Å²) < 4.78 is 5.35. The van der Waals surface area contributed by atoms with Gasteiger partial charge in [0.05, 0.1) is 18.0 Å². The molecule has 1 unspecified atom stereocenters. The van der Waals surface area contributed by atoms with E-state index in [1.54, 1.807) is 6.26 Å². The lowest BCUT2D eigenvalue weighted by atomic mass is 10.1. The fraction of sp³-hybridized carbons (Fsp3) is 0.308. The van der Waals surface area contributed by atoms with E-state index < -0.39 is 0 Å². The maximum atomic E-state index is 5.35. The van der Waals surface area contributed by atoms with Gasteiger partial charge in [-0.2, -0.15) is 0 Å². The second kappa shape index (κ2) is 4.94. The number of nitrogens with zero attached hydrogens (tertiary/aromatic N) is 1. The Balaban J connectivity index is 2.00. The molecule has 2 rings (SSSR count). The van der Waals surface area contributed by atoms with Gasteiger partial charge in [-0.25, -0.2) is 0 Å². The summed E-state index contributed by atoms with van der Waals surface area (Å²) in [6.07, 6.45) is 3.50. The van der Waals surface area contributed by atoms with Crippen molar-refractivity contribution >= 4 is 0 Å². The van der Waals surface area contributed by atoms with Crippen molar-refractivity contribution in [3.05, 3.63) is 54.2 Å². The fourth-order valence-electron chi connectivity index (χ4n) is 1.71. The highest BCUT2D eigenvalue weighted by atomic mass is 16.3. The van der Waals surface area contributed by atoms with Crippen LogP contribution >= 0.6 is 0 Å².